The van der Waals surface area contributed by atoms with Crippen molar-refractivity contribution < 1.29 is 14.1 Å². The average molecular weight is 428 g/mol. The van der Waals surface area contributed by atoms with E-state index in [1.807, 2.05) is 24.3 Å². The monoisotopic (exact) mass is 427 g/mol. The van der Waals surface area contributed by atoms with Gasteiger partial charge >= 0.3 is 0 Å². The second-order valence-electron chi connectivity index (χ2n) is 7.45. The van der Waals surface area contributed by atoms with Gasteiger partial charge in [-0.3, -0.25) is 14.2 Å². The minimum absolute atomic E-state index is 0.00167. The van der Waals surface area contributed by atoms with Crippen molar-refractivity contribution >= 4 is 23.2 Å². The molecule has 1 saturated heterocycles. The number of hydrogen-bond acceptors (Lipinski definition) is 7. The number of hydrogen-bond donors (Lipinski definition) is 0. The van der Waals surface area contributed by atoms with Crippen LogP contribution in [-0.4, -0.2) is 39.3 Å². The van der Waals surface area contributed by atoms with Crippen LogP contribution in [0, 0.1) is 0 Å². The van der Waals surface area contributed by atoms with Gasteiger partial charge in [-0.05, 0) is 24.1 Å². The van der Waals surface area contributed by atoms with Crippen LogP contribution in [0.15, 0.2) is 39.9 Å². The van der Waals surface area contributed by atoms with Crippen LogP contribution in [0.3, 0.4) is 0 Å². The summed E-state index contributed by atoms with van der Waals surface area (Å²) in [6.45, 7) is 0.571. The molecule has 2 aliphatic rings. The molecule has 30 heavy (non-hydrogen) atoms. The number of fused-ring (bicyclic) bond motifs is 1. The molecule has 0 N–H and O–H groups in total. The molecule has 154 valence electrons. The van der Waals surface area contributed by atoms with Crippen molar-refractivity contribution in [3.63, 3.8) is 0 Å². The summed E-state index contributed by atoms with van der Waals surface area (Å²) < 4.78 is 12.6. The van der Waals surface area contributed by atoms with E-state index in [2.05, 4.69) is 15.1 Å². The molecule has 0 spiro atoms. The second-order valence-corrected chi connectivity index (χ2v) is 7.89. The molecule has 1 aromatic carbocycles. The van der Waals surface area contributed by atoms with Crippen LogP contribution in [0.1, 0.15) is 41.4 Å². The average Bonchev–Trinajstić information content (AvgIpc) is 3.45. The van der Waals surface area contributed by atoms with Gasteiger partial charge in [0.25, 0.3) is 5.56 Å². The van der Waals surface area contributed by atoms with Crippen LogP contribution < -0.4 is 10.5 Å². The lowest BCUT2D eigenvalue weighted by molar-refractivity contribution is -0.117. The van der Waals surface area contributed by atoms with Crippen LogP contribution in [0.4, 0.5) is 5.69 Å². The maximum Gasteiger partial charge on any atom is 0.278 e. The Morgan fingerprint density at radius 3 is 2.83 bits per heavy atom. The Balaban J connectivity index is 1.31. The standard InChI is InChI=1S/C20H18ClN5O4/c1-25-17(27)7-14-18(25)20(28)26(10-22-14)8-16-23-19(24-30-16)12-6-15(29-9-12)11-2-4-13(21)5-3-11/h2-5,10,12,15H,6-9H2,1H3/t12-,15+/m0/s1. The molecule has 0 unspecified atom stereocenters. The van der Waals surface area contributed by atoms with E-state index in [-0.39, 0.29) is 36.5 Å². The molecule has 9 nitrogen and oxygen atoms in total. The van der Waals surface area contributed by atoms with Crippen molar-refractivity contribution in [2.24, 2.45) is 0 Å². The van der Waals surface area contributed by atoms with Crippen LogP contribution in [0.25, 0.3) is 0 Å². The van der Waals surface area contributed by atoms with Gasteiger partial charge in [-0.15, -0.1) is 0 Å². The lowest BCUT2D eigenvalue weighted by atomic mass is 10.0. The van der Waals surface area contributed by atoms with Crippen molar-refractivity contribution in [3.05, 3.63) is 68.9 Å². The summed E-state index contributed by atoms with van der Waals surface area (Å²) in [5.74, 6) is 0.706. The van der Waals surface area contributed by atoms with Crippen LogP contribution in [0.5, 0.6) is 0 Å². The molecule has 0 bridgehead atoms. The summed E-state index contributed by atoms with van der Waals surface area (Å²) >= 11 is 5.95. The predicted molar refractivity (Wildman–Crippen MR) is 107 cm³/mol. The van der Waals surface area contributed by atoms with Gasteiger partial charge in [0.2, 0.25) is 11.8 Å². The van der Waals surface area contributed by atoms with E-state index in [0.29, 0.717) is 34.7 Å². The Morgan fingerprint density at radius 2 is 2.03 bits per heavy atom. The van der Waals surface area contributed by atoms with Gasteiger partial charge in [0, 0.05) is 18.0 Å². The smallest absolute Gasteiger partial charge is 0.278 e. The second kappa shape index (κ2) is 7.33. The van der Waals surface area contributed by atoms with Gasteiger partial charge in [-0.1, -0.05) is 28.9 Å². The third kappa shape index (κ3) is 3.29. The maximum absolute atomic E-state index is 12.7. The first-order valence-electron chi connectivity index (χ1n) is 9.54. The third-order valence-corrected chi connectivity index (χ3v) is 5.76. The minimum Gasteiger partial charge on any atom is -0.373 e. The summed E-state index contributed by atoms with van der Waals surface area (Å²) in [6.07, 6.45) is 2.23. The first-order valence-corrected chi connectivity index (χ1v) is 9.92. The van der Waals surface area contributed by atoms with E-state index in [9.17, 15) is 9.59 Å². The number of amides is 1. The Labute approximate surface area is 176 Å². The van der Waals surface area contributed by atoms with Crippen molar-refractivity contribution in [1.29, 1.82) is 0 Å². The summed E-state index contributed by atoms with van der Waals surface area (Å²) in [7, 11) is 1.57. The zero-order valence-electron chi connectivity index (χ0n) is 16.1. The molecule has 2 aliphatic heterocycles. The summed E-state index contributed by atoms with van der Waals surface area (Å²) in [4.78, 5) is 34.6. The predicted octanol–water partition coefficient (Wildman–Crippen LogP) is 2.09. The van der Waals surface area contributed by atoms with Crippen LogP contribution in [-0.2, 0) is 22.5 Å². The number of aromatic nitrogens is 4. The van der Waals surface area contributed by atoms with Gasteiger partial charge in [0.1, 0.15) is 12.2 Å². The quantitative estimate of drug-likeness (QED) is 0.628. The first-order chi connectivity index (χ1) is 14.5. The molecule has 2 aromatic heterocycles. The fraction of sp³-hybridized carbons (Fsp3) is 0.350. The Hall–Kier alpha value is -3.04. The molecule has 0 radical (unpaired) electrons. The van der Waals surface area contributed by atoms with Gasteiger partial charge in [-0.25, -0.2) is 4.98 Å². The number of likely N-dealkylation sites (N-methyl/N-ethyl adjacent to an activating group) is 1. The molecule has 10 heteroatoms. The minimum atomic E-state index is -0.305. The third-order valence-electron chi connectivity index (χ3n) is 5.51. The Kier molecular flexibility index (Phi) is 4.63. The molecule has 3 aromatic rings. The Morgan fingerprint density at radius 1 is 1.23 bits per heavy atom. The number of nitrogens with zero attached hydrogens (tertiary/aromatic N) is 5. The summed E-state index contributed by atoms with van der Waals surface area (Å²) in [6, 6.07) is 7.58. The number of benzene rings is 1. The molecule has 0 aliphatic carbocycles. The van der Waals surface area contributed by atoms with E-state index in [0.717, 1.165) is 12.0 Å². The largest absolute Gasteiger partial charge is 0.373 e. The molecule has 0 saturated carbocycles. The number of carbonyl (C=O) groups excluding carboxylic acids is 1. The molecular formula is C20H18ClN5O4. The van der Waals surface area contributed by atoms with E-state index in [1.54, 1.807) is 7.05 Å². The van der Waals surface area contributed by atoms with Crippen molar-refractivity contribution in [2.45, 2.75) is 31.4 Å². The molecule has 2 atom stereocenters. The topological polar surface area (TPSA) is 103 Å². The fourth-order valence-electron chi connectivity index (χ4n) is 3.84. The molecule has 1 amide bonds. The van der Waals surface area contributed by atoms with Crippen molar-refractivity contribution in [1.82, 2.24) is 19.7 Å². The Bertz CT molecular complexity index is 1170. The highest BCUT2D eigenvalue weighted by Gasteiger charge is 2.32. The zero-order valence-corrected chi connectivity index (χ0v) is 16.9. The van der Waals surface area contributed by atoms with E-state index >= 15 is 0 Å². The van der Waals surface area contributed by atoms with E-state index in [1.165, 1.54) is 15.8 Å². The number of rotatable bonds is 4. The normalized spacial score (nSPS) is 20.7. The number of ether oxygens (including phenoxy) is 1. The lowest BCUT2D eigenvalue weighted by Gasteiger charge is -2.10. The van der Waals surface area contributed by atoms with Crippen molar-refractivity contribution in [3.8, 4) is 0 Å². The lowest BCUT2D eigenvalue weighted by Crippen LogP contribution is -2.30. The summed E-state index contributed by atoms with van der Waals surface area (Å²) in [5.41, 5.74) is 1.55. The number of halogens is 1. The van der Waals surface area contributed by atoms with E-state index < -0.39 is 0 Å². The zero-order chi connectivity index (χ0) is 20.8. The van der Waals surface area contributed by atoms with E-state index in [4.69, 9.17) is 20.9 Å². The highest BCUT2D eigenvalue weighted by atomic mass is 35.5. The van der Waals surface area contributed by atoms with Crippen LogP contribution >= 0.6 is 11.6 Å². The highest BCUT2D eigenvalue weighted by Crippen LogP contribution is 2.37. The van der Waals surface area contributed by atoms with Crippen molar-refractivity contribution in [2.75, 3.05) is 18.6 Å². The number of anilines is 1. The molecule has 1 fully saturated rings. The highest BCUT2D eigenvalue weighted by molar-refractivity contribution is 6.30. The molecule has 5 rings (SSSR count). The number of carbonyl (C=O) groups is 1. The summed E-state index contributed by atoms with van der Waals surface area (Å²) in [5, 5.41) is 4.76. The first kappa shape index (κ1) is 19.0. The SMILES string of the molecule is CN1C(=O)Cc2ncn(Cc3nc([C@@H]4CO[C@@H](c5ccc(Cl)cc5)C4)no3)c(=O)c21. The van der Waals surface area contributed by atoms with Crippen LogP contribution in [0.2, 0.25) is 5.02 Å². The van der Waals surface area contributed by atoms with Gasteiger partial charge in [-0.2, -0.15) is 4.98 Å². The molecular weight excluding hydrogens is 410 g/mol. The van der Waals surface area contributed by atoms with Gasteiger partial charge in [0.15, 0.2) is 5.82 Å². The fourth-order valence-corrected chi connectivity index (χ4v) is 3.96. The molecule has 4 heterocycles. The van der Waals surface area contributed by atoms with Gasteiger partial charge in [0.05, 0.1) is 31.2 Å². The van der Waals surface area contributed by atoms with Gasteiger partial charge < -0.3 is 14.2 Å². The maximum atomic E-state index is 12.7.